The van der Waals surface area contributed by atoms with Gasteiger partial charge in [-0.3, -0.25) is 4.98 Å². The first-order valence-corrected chi connectivity index (χ1v) is 11.9. The topological polar surface area (TPSA) is 106 Å². The molecule has 3 N–H and O–H groups in total. The number of aliphatic carboxylic acids is 1. The second kappa shape index (κ2) is 9.13. The van der Waals surface area contributed by atoms with Crippen LogP contribution in [0.2, 0.25) is 0 Å². The summed E-state index contributed by atoms with van der Waals surface area (Å²) in [7, 11) is 0. The minimum Gasteiger partial charge on any atom is -0.479 e. The number of nitrogens with two attached hydrogens (primary N) is 1. The molecule has 9 heteroatoms. The molecule has 174 valence electrons. The number of hydrogen-bond donors (Lipinski definition) is 2. The summed E-state index contributed by atoms with van der Waals surface area (Å²) < 4.78 is 16.2. The van der Waals surface area contributed by atoms with Crippen LogP contribution in [-0.2, 0) is 4.79 Å². The van der Waals surface area contributed by atoms with Gasteiger partial charge >= 0.3 is 5.97 Å². The molecule has 4 aromatic rings. The summed E-state index contributed by atoms with van der Waals surface area (Å²) in [6, 6.07) is 13.9. The second-order valence-corrected chi connectivity index (χ2v) is 9.43. The number of anilines is 1. The third-order valence-electron chi connectivity index (χ3n) is 6.60. The highest BCUT2D eigenvalue weighted by atomic mass is 79.9. The second-order valence-electron chi connectivity index (χ2n) is 8.64. The molecule has 1 fully saturated rings. The fourth-order valence-electron chi connectivity index (χ4n) is 4.71. The number of carbonyl (C=O) groups is 1. The van der Waals surface area contributed by atoms with E-state index in [1.807, 2.05) is 42.5 Å². The van der Waals surface area contributed by atoms with Gasteiger partial charge in [0.15, 0.2) is 11.8 Å². The SMILES string of the molecule is Nc1c(Br)c(C2CCC(C(F)C(=O)O)CC2)nc2c(-c3ccc(-c4ccccc4)nc3)cnn12. The van der Waals surface area contributed by atoms with E-state index in [4.69, 9.17) is 15.8 Å². The molecule has 5 rings (SSSR count). The van der Waals surface area contributed by atoms with Crippen molar-refractivity contribution >= 4 is 33.4 Å². The van der Waals surface area contributed by atoms with E-state index in [1.165, 1.54) is 0 Å². The van der Waals surface area contributed by atoms with Crippen LogP contribution in [0, 0.1) is 5.92 Å². The lowest BCUT2D eigenvalue weighted by Crippen LogP contribution is -2.28. The van der Waals surface area contributed by atoms with E-state index in [1.54, 1.807) is 16.9 Å². The monoisotopic (exact) mass is 523 g/mol. The Morgan fingerprint density at radius 1 is 1.09 bits per heavy atom. The van der Waals surface area contributed by atoms with E-state index in [2.05, 4.69) is 26.0 Å². The largest absolute Gasteiger partial charge is 0.479 e. The maximum absolute atomic E-state index is 14.0. The summed E-state index contributed by atoms with van der Waals surface area (Å²) in [4.78, 5) is 20.5. The fraction of sp³-hybridized carbons (Fsp3) is 0.280. The number of fused-ring (bicyclic) bond motifs is 1. The van der Waals surface area contributed by atoms with Crippen LogP contribution in [0.25, 0.3) is 28.0 Å². The zero-order valence-electron chi connectivity index (χ0n) is 18.2. The Kier molecular flexibility index (Phi) is 6.03. The molecular formula is C25H23BrFN5O2. The Bertz CT molecular complexity index is 1340. The number of alkyl halides is 1. The normalized spacial score (nSPS) is 19.2. The number of nitrogen functional groups attached to an aromatic ring is 1. The Labute approximate surface area is 204 Å². The van der Waals surface area contributed by atoms with Gasteiger partial charge in [0.2, 0.25) is 0 Å². The molecule has 0 aliphatic heterocycles. The standard InChI is InChI=1S/C25H23BrFN5O2/c26-20-22(16-8-6-15(7-9-16)21(27)25(33)34)31-24-18(13-30-32(24)23(20)28)17-10-11-19(29-12-17)14-4-2-1-3-5-14/h1-5,10-13,15-16,21H,6-9,28H2,(H,33,34). The first-order chi connectivity index (χ1) is 16.4. The molecule has 1 aliphatic rings. The van der Waals surface area contributed by atoms with Crippen molar-refractivity contribution in [3.05, 3.63) is 65.0 Å². The van der Waals surface area contributed by atoms with Gasteiger partial charge in [0.1, 0.15) is 5.82 Å². The summed E-state index contributed by atoms with van der Waals surface area (Å²) in [6.07, 6.45) is 4.00. The number of nitrogens with zero attached hydrogens (tertiary/aromatic N) is 4. The summed E-state index contributed by atoms with van der Waals surface area (Å²) in [5, 5.41) is 13.4. The van der Waals surface area contributed by atoms with Crippen LogP contribution >= 0.6 is 15.9 Å². The minimum absolute atomic E-state index is 0.0558. The van der Waals surface area contributed by atoms with E-state index in [-0.39, 0.29) is 5.92 Å². The zero-order valence-corrected chi connectivity index (χ0v) is 19.8. The van der Waals surface area contributed by atoms with Crippen molar-refractivity contribution in [1.82, 2.24) is 19.6 Å². The maximum Gasteiger partial charge on any atom is 0.338 e. The molecule has 3 heterocycles. The van der Waals surface area contributed by atoms with Crippen LogP contribution in [0.15, 0.2) is 59.3 Å². The van der Waals surface area contributed by atoms with Gasteiger partial charge in [0, 0.05) is 34.7 Å². The number of benzene rings is 1. The maximum atomic E-state index is 14.0. The van der Waals surface area contributed by atoms with Gasteiger partial charge in [-0.15, -0.1) is 0 Å². The van der Waals surface area contributed by atoms with E-state index in [9.17, 15) is 9.18 Å². The van der Waals surface area contributed by atoms with Crippen molar-refractivity contribution in [3.63, 3.8) is 0 Å². The fourth-order valence-corrected chi connectivity index (χ4v) is 5.29. The number of carboxylic acid groups (broad SMARTS) is 1. The average Bonchev–Trinajstić information content (AvgIpc) is 3.30. The van der Waals surface area contributed by atoms with Crippen molar-refractivity contribution in [3.8, 4) is 22.4 Å². The van der Waals surface area contributed by atoms with Gasteiger partial charge in [-0.25, -0.2) is 14.2 Å². The predicted octanol–water partition coefficient (Wildman–Crippen LogP) is 5.50. The molecule has 3 aromatic heterocycles. The highest BCUT2D eigenvalue weighted by molar-refractivity contribution is 9.10. The van der Waals surface area contributed by atoms with Gasteiger partial charge < -0.3 is 10.8 Å². The van der Waals surface area contributed by atoms with Crippen LogP contribution in [0.5, 0.6) is 0 Å². The zero-order chi connectivity index (χ0) is 23.8. The number of pyridine rings is 1. The molecule has 0 spiro atoms. The van der Waals surface area contributed by atoms with E-state index in [0.717, 1.165) is 28.1 Å². The average molecular weight is 524 g/mol. The number of aromatic nitrogens is 4. The Morgan fingerprint density at radius 2 is 1.82 bits per heavy atom. The quantitative estimate of drug-likeness (QED) is 0.357. The molecule has 1 saturated carbocycles. The van der Waals surface area contributed by atoms with Crippen molar-refractivity contribution in [2.24, 2.45) is 5.92 Å². The summed E-state index contributed by atoms with van der Waals surface area (Å²) in [5.74, 6) is -1.35. The van der Waals surface area contributed by atoms with Crippen LogP contribution in [0.3, 0.4) is 0 Å². The predicted molar refractivity (Wildman–Crippen MR) is 131 cm³/mol. The number of halogens is 2. The Balaban J connectivity index is 1.46. The summed E-state index contributed by atoms with van der Waals surface area (Å²) in [5.41, 5.74) is 11.4. The van der Waals surface area contributed by atoms with Crippen LogP contribution in [-0.4, -0.2) is 36.8 Å². The van der Waals surface area contributed by atoms with Gasteiger partial charge in [0.25, 0.3) is 0 Å². The molecule has 1 aliphatic carbocycles. The molecule has 1 unspecified atom stereocenters. The highest BCUT2D eigenvalue weighted by Crippen LogP contribution is 2.41. The molecule has 0 saturated heterocycles. The minimum atomic E-state index is -1.82. The van der Waals surface area contributed by atoms with Crippen LogP contribution in [0.4, 0.5) is 10.2 Å². The molecule has 34 heavy (non-hydrogen) atoms. The number of carboxylic acids is 1. The molecule has 1 atom stereocenters. The van der Waals surface area contributed by atoms with Gasteiger partial charge in [0.05, 0.1) is 22.1 Å². The molecule has 0 bridgehead atoms. The van der Waals surface area contributed by atoms with Crippen molar-refractivity contribution in [2.75, 3.05) is 5.73 Å². The van der Waals surface area contributed by atoms with Crippen LogP contribution in [0.1, 0.15) is 37.3 Å². The highest BCUT2D eigenvalue weighted by Gasteiger charge is 2.34. The molecule has 0 amide bonds. The first-order valence-electron chi connectivity index (χ1n) is 11.2. The van der Waals surface area contributed by atoms with Crippen LogP contribution < -0.4 is 5.73 Å². The molecule has 7 nitrogen and oxygen atoms in total. The first kappa shape index (κ1) is 22.5. The summed E-state index contributed by atoms with van der Waals surface area (Å²) in [6.45, 7) is 0. The Hall–Kier alpha value is -3.33. The molecule has 0 radical (unpaired) electrons. The molecule has 1 aromatic carbocycles. The Morgan fingerprint density at radius 3 is 2.47 bits per heavy atom. The number of hydrogen-bond acceptors (Lipinski definition) is 5. The smallest absolute Gasteiger partial charge is 0.338 e. The van der Waals surface area contributed by atoms with Gasteiger partial charge in [-0.2, -0.15) is 9.61 Å². The molecular weight excluding hydrogens is 501 g/mol. The van der Waals surface area contributed by atoms with Crippen molar-refractivity contribution < 1.29 is 14.3 Å². The van der Waals surface area contributed by atoms with E-state index >= 15 is 0 Å². The third-order valence-corrected chi connectivity index (χ3v) is 7.41. The lowest BCUT2D eigenvalue weighted by atomic mass is 9.78. The third kappa shape index (κ3) is 4.04. The van der Waals surface area contributed by atoms with E-state index in [0.29, 0.717) is 41.6 Å². The van der Waals surface area contributed by atoms with Gasteiger partial charge in [-0.1, -0.05) is 36.4 Å². The van der Waals surface area contributed by atoms with Crippen molar-refractivity contribution in [2.45, 2.75) is 37.8 Å². The number of rotatable bonds is 5. The van der Waals surface area contributed by atoms with Crippen molar-refractivity contribution in [1.29, 1.82) is 0 Å². The summed E-state index contributed by atoms with van der Waals surface area (Å²) >= 11 is 3.58. The lowest BCUT2D eigenvalue weighted by Gasteiger charge is -2.29. The van der Waals surface area contributed by atoms with Gasteiger partial charge in [-0.05, 0) is 47.7 Å². The lowest BCUT2D eigenvalue weighted by molar-refractivity contribution is -0.145. The van der Waals surface area contributed by atoms with E-state index < -0.39 is 18.1 Å².